The van der Waals surface area contributed by atoms with Crippen LogP contribution in [0.3, 0.4) is 0 Å². The summed E-state index contributed by atoms with van der Waals surface area (Å²) in [4.78, 5) is 24.3. The molecular weight excluding hydrogens is 298 g/mol. The minimum atomic E-state index is -1.04. The van der Waals surface area contributed by atoms with Gasteiger partial charge in [0.25, 0.3) is 5.91 Å². The first-order valence-corrected chi connectivity index (χ1v) is 6.86. The van der Waals surface area contributed by atoms with Gasteiger partial charge in [-0.15, -0.1) is 0 Å². The molecule has 7 heteroatoms. The summed E-state index contributed by atoms with van der Waals surface area (Å²) in [6.45, 7) is -0.402. The molecule has 0 aliphatic carbocycles. The van der Waals surface area contributed by atoms with Gasteiger partial charge in [-0.2, -0.15) is 0 Å². The van der Waals surface area contributed by atoms with Crippen LogP contribution in [-0.4, -0.2) is 39.9 Å². The van der Waals surface area contributed by atoms with Gasteiger partial charge in [0.2, 0.25) is 0 Å². The number of hydrogen-bond acceptors (Lipinski definition) is 5. The summed E-state index contributed by atoms with van der Waals surface area (Å²) in [7, 11) is 1.63. The van der Waals surface area contributed by atoms with E-state index in [4.69, 9.17) is 22.1 Å². The molecule has 0 saturated carbocycles. The van der Waals surface area contributed by atoms with Crippen LogP contribution in [-0.2, 0) is 9.59 Å². The largest absolute Gasteiger partial charge is 0.482 e. The van der Waals surface area contributed by atoms with E-state index in [-0.39, 0.29) is 5.91 Å². The molecule has 0 radical (unpaired) electrons. The van der Waals surface area contributed by atoms with Crippen molar-refractivity contribution in [3.05, 3.63) is 34.7 Å². The highest BCUT2D eigenvalue weighted by Gasteiger charge is 2.28. The average Bonchev–Trinajstić information content (AvgIpc) is 2.65. The lowest BCUT2D eigenvalue weighted by atomic mass is 10.2. The monoisotopic (exact) mass is 309 g/mol. The summed E-state index contributed by atoms with van der Waals surface area (Å²) in [5.74, 6) is -0.743. The van der Waals surface area contributed by atoms with E-state index in [2.05, 4.69) is 0 Å². The standard InChI is InChI=1S/C13H11NO4S2/c1-14-12(17)10(20-13(14)19)6-8-3-2-4-9(5-8)18-7-11(15)16/h2-6H,7H2,1H3,(H,15,16)/b10-6-. The van der Waals surface area contributed by atoms with Gasteiger partial charge >= 0.3 is 5.97 Å². The summed E-state index contributed by atoms with van der Waals surface area (Å²) >= 11 is 6.28. The highest BCUT2D eigenvalue weighted by molar-refractivity contribution is 8.26. The van der Waals surface area contributed by atoms with Crippen LogP contribution in [0.15, 0.2) is 29.2 Å². The molecule has 2 rings (SSSR count). The number of hydrogen-bond donors (Lipinski definition) is 1. The van der Waals surface area contributed by atoms with E-state index in [1.54, 1.807) is 37.4 Å². The van der Waals surface area contributed by atoms with E-state index in [0.717, 1.165) is 5.56 Å². The lowest BCUT2D eigenvalue weighted by molar-refractivity contribution is -0.139. The van der Waals surface area contributed by atoms with Gasteiger partial charge in [0.15, 0.2) is 6.61 Å². The van der Waals surface area contributed by atoms with E-state index in [0.29, 0.717) is 15.0 Å². The van der Waals surface area contributed by atoms with Crippen molar-refractivity contribution in [1.29, 1.82) is 0 Å². The minimum absolute atomic E-state index is 0.142. The molecule has 0 unspecified atom stereocenters. The van der Waals surface area contributed by atoms with Crippen LogP contribution >= 0.6 is 24.0 Å². The third-order valence-corrected chi connectivity index (χ3v) is 3.99. The molecule has 20 heavy (non-hydrogen) atoms. The second kappa shape index (κ2) is 6.06. The van der Waals surface area contributed by atoms with Gasteiger partial charge in [-0.3, -0.25) is 9.69 Å². The zero-order chi connectivity index (χ0) is 14.7. The number of amides is 1. The normalized spacial score (nSPS) is 16.9. The Kier molecular flexibility index (Phi) is 4.41. The molecule has 1 amide bonds. The molecule has 1 saturated heterocycles. The predicted octanol–water partition coefficient (Wildman–Crippen LogP) is 1.98. The third kappa shape index (κ3) is 3.37. The summed E-state index contributed by atoms with van der Waals surface area (Å²) in [5, 5.41) is 8.56. The van der Waals surface area contributed by atoms with Gasteiger partial charge < -0.3 is 9.84 Å². The maximum atomic E-state index is 11.9. The van der Waals surface area contributed by atoms with Crippen molar-refractivity contribution in [3.8, 4) is 5.75 Å². The number of carbonyl (C=O) groups is 2. The van der Waals surface area contributed by atoms with Crippen molar-refractivity contribution in [2.75, 3.05) is 13.7 Å². The van der Waals surface area contributed by atoms with Gasteiger partial charge in [-0.1, -0.05) is 36.1 Å². The Morgan fingerprint density at radius 1 is 1.55 bits per heavy atom. The number of thiocarbonyl (C=S) groups is 1. The molecular formula is C13H11NO4S2. The zero-order valence-corrected chi connectivity index (χ0v) is 12.2. The number of aliphatic carboxylic acids is 1. The smallest absolute Gasteiger partial charge is 0.341 e. The fourth-order valence-electron chi connectivity index (χ4n) is 1.54. The Balaban J connectivity index is 2.18. The second-order valence-corrected chi connectivity index (χ2v) is 5.67. The Hall–Kier alpha value is -1.86. The number of likely N-dealkylation sites (N-methyl/N-ethyl adjacent to an activating group) is 1. The van der Waals surface area contributed by atoms with Crippen molar-refractivity contribution in [3.63, 3.8) is 0 Å². The molecule has 1 aromatic rings. The van der Waals surface area contributed by atoms with E-state index in [9.17, 15) is 9.59 Å². The minimum Gasteiger partial charge on any atom is -0.482 e. The van der Waals surface area contributed by atoms with Crippen molar-refractivity contribution in [2.24, 2.45) is 0 Å². The van der Waals surface area contributed by atoms with Crippen molar-refractivity contribution >= 4 is 46.3 Å². The first-order valence-electron chi connectivity index (χ1n) is 5.63. The number of rotatable bonds is 4. The molecule has 1 heterocycles. The van der Waals surface area contributed by atoms with Crippen molar-refractivity contribution < 1.29 is 19.4 Å². The van der Waals surface area contributed by atoms with E-state index >= 15 is 0 Å². The zero-order valence-electron chi connectivity index (χ0n) is 10.5. The molecule has 0 atom stereocenters. The summed E-state index contributed by atoms with van der Waals surface area (Å²) in [5.41, 5.74) is 0.752. The SMILES string of the molecule is CN1C(=O)/C(=C/c2cccc(OCC(=O)O)c2)SC1=S. The van der Waals surface area contributed by atoms with E-state index in [1.807, 2.05) is 0 Å². The average molecular weight is 309 g/mol. The Morgan fingerprint density at radius 2 is 2.30 bits per heavy atom. The highest BCUT2D eigenvalue weighted by Crippen LogP contribution is 2.31. The lowest BCUT2D eigenvalue weighted by Crippen LogP contribution is -2.22. The van der Waals surface area contributed by atoms with Gasteiger partial charge in [0.05, 0.1) is 4.91 Å². The van der Waals surface area contributed by atoms with Crippen LogP contribution in [0.25, 0.3) is 6.08 Å². The van der Waals surface area contributed by atoms with Crippen LogP contribution in [0.2, 0.25) is 0 Å². The first kappa shape index (κ1) is 14.5. The quantitative estimate of drug-likeness (QED) is 0.677. The number of carboxylic acid groups (broad SMARTS) is 1. The van der Waals surface area contributed by atoms with E-state index < -0.39 is 12.6 Å². The molecule has 0 spiro atoms. The summed E-state index contributed by atoms with van der Waals surface area (Å²) in [6.07, 6.45) is 1.70. The van der Waals surface area contributed by atoms with Crippen LogP contribution in [0.5, 0.6) is 5.75 Å². The number of benzene rings is 1. The molecule has 1 aliphatic heterocycles. The summed E-state index contributed by atoms with van der Waals surface area (Å²) in [6, 6.07) is 6.86. The molecule has 1 aliphatic rings. The Bertz CT molecular complexity index is 612. The third-order valence-electron chi connectivity index (χ3n) is 2.50. The maximum Gasteiger partial charge on any atom is 0.341 e. The first-order chi connectivity index (χ1) is 9.47. The van der Waals surface area contributed by atoms with Crippen LogP contribution < -0.4 is 4.74 Å². The maximum absolute atomic E-state index is 11.9. The number of carbonyl (C=O) groups excluding carboxylic acids is 1. The molecule has 0 aromatic heterocycles. The van der Waals surface area contributed by atoms with Crippen LogP contribution in [0.1, 0.15) is 5.56 Å². The molecule has 1 fully saturated rings. The topological polar surface area (TPSA) is 66.8 Å². The second-order valence-electron chi connectivity index (χ2n) is 4.00. The van der Waals surface area contributed by atoms with Crippen LogP contribution in [0.4, 0.5) is 0 Å². The summed E-state index contributed by atoms with van der Waals surface area (Å²) < 4.78 is 5.60. The molecule has 5 nitrogen and oxygen atoms in total. The van der Waals surface area contributed by atoms with E-state index in [1.165, 1.54) is 16.7 Å². The molecule has 104 valence electrons. The van der Waals surface area contributed by atoms with Gasteiger partial charge in [0, 0.05) is 7.05 Å². The predicted molar refractivity (Wildman–Crippen MR) is 80.5 cm³/mol. The lowest BCUT2D eigenvalue weighted by Gasteiger charge is -2.04. The molecule has 0 bridgehead atoms. The van der Waals surface area contributed by atoms with Gasteiger partial charge in [-0.05, 0) is 23.8 Å². The number of carboxylic acids is 1. The van der Waals surface area contributed by atoms with Gasteiger partial charge in [-0.25, -0.2) is 4.79 Å². The Labute approximate surface area is 125 Å². The number of nitrogens with zero attached hydrogens (tertiary/aromatic N) is 1. The molecule has 1 N–H and O–H groups in total. The molecule has 1 aromatic carbocycles. The van der Waals surface area contributed by atoms with Crippen molar-refractivity contribution in [2.45, 2.75) is 0 Å². The highest BCUT2D eigenvalue weighted by atomic mass is 32.2. The number of ether oxygens (including phenoxy) is 1. The Morgan fingerprint density at radius 3 is 2.90 bits per heavy atom. The number of thioether (sulfide) groups is 1. The van der Waals surface area contributed by atoms with Crippen LogP contribution in [0, 0.1) is 0 Å². The fraction of sp³-hybridized carbons (Fsp3) is 0.154. The van der Waals surface area contributed by atoms with Gasteiger partial charge in [0.1, 0.15) is 10.1 Å². The van der Waals surface area contributed by atoms with Crippen molar-refractivity contribution in [1.82, 2.24) is 4.90 Å². The fourth-order valence-corrected chi connectivity index (χ4v) is 2.72.